The lowest BCUT2D eigenvalue weighted by atomic mass is 9.75. The minimum Gasteiger partial charge on any atom is -0.353 e. The van der Waals surface area contributed by atoms with E-state index in [2.05, 4.69) is 26.1 Å². The topological polar surface area (TPSA) is 29.1 Å². The highest BCUT2D eigenvalue weighted by atomic mass is 16.2. The number of hydrogen-bond acceptors (Lipinski definition) is 1. The van der Waals surface area contributed by atoms with Crippen LogP contribution in [0.4, 0.5) is 0 Å². The SMILES string of the molecule is CC(C)CC(C)NC(=O)C12CC3CC(CC1C3)C2. The summed E-state index contributed by atoms with van der Waals surface area (Å²) in [6.07, 6.45) is 7.56. The molecule has 4 aliphatic carbocycles. The van der Waals surface area contributed by atoms with E-state index in [0.717, 1.165) is 18.3 Å². The van der Waals surface area contributed by atoms with Gasteiger partial charge in [0.25, 0.3) is 0 Å². The molecule has 1 N–H and O–H groups in total. The van der Waals surface area contributed by atoms with Crippen molar-refractivity contribution in [3.05, 3.63) is 0 Å². The summed E-state index contributed by atoms with van der Waals surface area (Å²) in [5.41, 5.74) is 0.0544. The van der Waals surface area contributed by atoms with Crippen LogP contribution in [0.25, 0.3) is 0 Å². The Morgan fingerprint density at radius 3 is 2.33 bits per heavy atom. The lowest BCUT2D eigenvalue weighted by Crippen LogP contribution is -2.45. The van der Waals surface area contributed by atoms with Crippen LogP contribution >= 0.6 is 0 Å². The van der Waals surface area contributed by atoms with E-state index >= 15 is 0 Å². The monoisotopic (exact) mass is 249 g/mol. The molecule has 0 aromatic carbocycles. The number of hydrogen-bond donors (Lipinski definition) is 1. The summed E-state index contributed by atoms with van der Waals surface area (Å²) in [6.45, 7) is 6.61. The molecule has 0 aliphatic heterocycles. The van der Waals surface area contributed by atoms with Crippen molar-refractivity contribution in [2.24, 2.45) is 29.1 Å². The van der Waals surface area contributed by atoms with Crippen LogP contribution in [0, 0.1) is 29.1 Å². The molecule has 2 heteroatoms. The molecule has 4 saturated carbocycles. The van der Waals surface area contributed by atoms with Crippen molar-refractivity contribution in [1.82, 2.24) is 5.32 Å². The molecule has 0 saturated heterocycles. The van der Waals surface area contributed by atoms with Gasteiger partial charge in [-0.15, -0.1) is 0 Å². The second-order valence-corrected chi connectivity index (χ2v) is 7.70. The molecule has 0 aromatic heterocycles. The summed E-state index contributed by atoms with van der Waals surface area (Å²) in [4.78, 5) is 12.7. The standard InChI is InChI=1S/C16H27NO/c1-10(2)4-11(3)17-15(18)16-8-12-5-13(9-16)7-14(16)6-12/h10-14H,4-9H2,1-3H3,(H,17,18). The van der Waals surface area contributed by atoms with Gasteiger partial charge in [-0.1, -0.05) is 13.8 Å². The van der Waals surface area contributed by atoms with Gasteiger partial charge in [-0.05, 0) is 69.1 Å². The van der Waals surface area contributed by atoms with E-state index in [0.29, 0.717) is 23.8 Å². The first-order valence-corrected chi connectivity index (χ1v) is 7.80. The van der Waals surface area contributed by atoms with Crippen molar-refractivity contribution in [2.75, 3.05) is 0 Å². The molecule has 3 atom stereocenters. The molecule has 0 heterocycles. The van der Waals surface area contributed by atoms with Crippen LogP contribution < -0.4 is 5.32 Å². The fraction of sp³-hybridized carbons (Fsp3) is 0.938. The number of carbonyl (C=O) groups is 1. The van der Waals surface area contributed by atoms with E-state index in [1.165, 1.54) is 32.1 Å². The molecule has 4 fully saturated rings. The summed E-state index contributed by atoms with van der Waals surface area (Å²) < 4.78 is 0. The van der Waals surface area contributed by atoms with Gasteiger partial charge in [-0.25, -0.2) is 0 Å². The Balaban J connectivity index is 1.66. The largest absolute Gasteiger partial charge is 0.353 e. The lowest BCUT2D eigenvalue weighted by molar-refractivity contribution is -0.133. The van der Waals surface area contributed by atoms with Crippen LogP contribution in [0.5, 0.6) is 0 Å². The maximum absolute atomic E-state index is 12.7. The van der Waals surface area contributed by atoms with Crippen LogP contribution in [0.3, 0.4) is 0 Å². The average molecular weight is 249 g/mol. The van der Waals surface area contributed by atoms with Gasteiger partial charge in [0.1, 0.15) is 0 Å². The average Bonchev–Trinajstić information content (AvgIpc) is 2.63. The van der Waals surface area contributed by atoms with E-state index in [9.17, 15) is 4.79 Å². The lowest BCUT2D eigenvalue weighted by Gasteiger charge is -2.33. The van der Waals surface area contributed by atoms with Crippen molar-refractivity contribution < 1.29 is 4.79 Å². The first-order valence-electron chi connectivity index (χ1n) is 7.80. The van der Waals surface area contributed by atoms with E-state index in [1.807, 2.05) is 0 Å². The highest BCUT2D eigenvalue weighted by molar-refractivity contribution is 5.84. The summed E-state index contributed by atoms with van der Waals surface area (Å²) >= 11 is 0. The van der Waals surface area contributed by atoms with Crippen molar-refractivity contribution in [3.8, 4) is 0 Å². The minimum atomic E-state index is 0.0544. The summed E-state index contributed by atoms with van der Waals surface area (Å²) in [7, 11) is 0. The van der Waals surface area contributed by atoms with Crippen LogP contribution in [0.1, 0.15) is 59.3 Å². The third kappa shape index (κ3) is 1.88. The number of carbonyl (C=O) groups excluding carboxylic acids is 1. The van der Waals surface area contributed by atoms with Crippen molar-refractivity contribution >= 4 is 5.91 Å². The van der Waals surface area contributed by atoms with Gasteiger partial charge in [0.2, 0.25) is 5.91 Å². The van der Waals surface area contributed by atoms with E-state index in [4.69, 9.17) is 0 Å². The molecule has 4 bridgehead atoms. The van der Waals surface area contributed by atoms with Gasteiger partial charge in [0.05, 0.1) is 5.41 Å². The Labute approximate surface area is 111 Å². The first kappa shape index (κ1) is 12.5. The quantitative estimate of drug-likeness (QED) is 0.813. The second kappa shape index (κ2) is 4.25. The van der Waals surface area contributed by atoms with Gasteiger partial charge >= 0.3 is 0 Å². The second-order valence-electron chi connectivity index (χ2n) is 7.70. The maximum Gasteiger partial charge on any atom is 0.226 e. The fourth-order valence-corrected chi connectivity index (χ4v) is 5.30. The van der Waals surface area contributed by atoms with Gasteiger partial charge in [0, 0.05) is 6.04 Å². The minimum absolute atomic E-state index is 0.0544. The zero-order valence-electron chi connectivity index (χ0n) is 12.0. The first-order chi connectivity index (χ1) is 8.49. The Morgan fingerprint density at radius 2 is 1.78 bits per heavy atom. The van der Waals surface area contributed by atoms with Crippen LogP contribution in [0.2, 0.25) is 0 Å². The van der Waals surface area contributed by atoms with Gasteiger partial charge in [0.15, 0.2) is 0 Å². The molecular weight excluding hydrogens is 222 g/mol. The third-order valence-corrected chi connectivity index (χ3v) is 5.64. The number of nitrogens with one attached hydrogen (secondary N) is 1. The van der Waals surface area contributed by atoms with Crippen LogP contribution in [-0.4, -0.2) is 11.9 Å². The zero-order chi connectivity index (χ0) is 12.9. The normalized spacial score (nSPS) is 42.6. The van der Waals surface area contributed by atoms with E-state index < -0.39 is 0 Å². The van der Waals surface area contributed by atoms with E-state index in [-0.39, 0.29) is 5.41 Å². The smallest absolute Gasteiger partial charge is 0.226 e. The van der Waals surface area contributed by atoms with Crippen LogP contribution in [0.15, 0.2) is 0 Å². The molecule has 1 amide bonds. The fourth-order valence-electron chi connectivity index (χ4n) is 5.30. The summed E-state index contributed by atoms with van der Waals surface area (Å²) in [6, 6.07) is 0.338. The summed E-state index contributed by atoms with van der Waals surface area (Å²) in [5, 5.41) is 3.32. The molecule has 3 unspecified atom stereocenters. The van der Waals surface area contributed by atoms with Crippen LogP contribution in [-0.2, 0) is 4.79 Å². The molecular formula is C16H27NO. The molecule has 102 valence electrons. The summed E-state index contributed by atoms with van der Waals surface area (Å²) in [5.74, 6) is 3.51. The third-order valence-electron chi connectivity index (χ3n) is 5.64. The maximum atomic E-state index is 12.7. The Hall–Kier alpha value is -0.530. The van der Waals surface area contributed by atoms with Gasteiger partial charge in [-0.2, -0.15) is 0 Å². The number of amides is 1. The number of rotatable bonds is 4. The highest BCUT2D eigenvalue weighted by Gasteiger charge is 2.61. The zero-order valence-corrected chi connectivity index (χ0v) is 12.0. The van der Waals surface area contributed by atoms with Crippen molar-refractivity contribution in [1.29, 1.82) is 0 Å². The molecule has 0 aromatic rings. The van der Waals surface area contributed by atoms with Crippen molar-refractivity contribution in [2.45, 2.75) is 65.3 Å². The highest BCUT2D eigenvalue weighted by Crippen LogP contribution is 2.65. The van der Waals surface area contributed by atoms with Gasteiger partial charge < -0.3 is 5.32 Å². The Bertz CT molecular complexity index is 335. The molecule has 0 radical (unpaired) electrons. The predicted octanol–water partition coefficient (Wildman–Crippen LogP) is 3.36. The van der Waals surface area contributed by atoms with Gasteiger partial charge in [-0.3, -0.25) is 4.79 Å². The molecule has 4 aliphatic rings. The van der Waals surface area contributed by atoms with Crippen molar-refractivity contribution in [3.63, 3.8) is 0 Å². The molecule has 4 rings (SSSR count). The Kier molecular flexibility index (Phi) is 2.95. The predicted molar refractivity (Wildman–Crippen MR) is 73.0 cm³/mol. The molecule has 2 nitrogen and oxygen atoms in total. The Morgan fingerprint density at radius 1 is 1.17 bits per heavy atom. The van der Waals surface area contributed by atoms with E-state index in [1.54, 1.807) is 0 Å². The molecule has 18 heavy (non-hydrogen) atoms. The molecule has 0 spiro atoms.